The van der Waals surface area contributed by atoms with Crippen LogP contribution in [0.15, 0.2) is 16.6 Å². The SMILES string of the molecule is CSC1(CN=C(N)N2CCN(c3nccs3)CC2)CCOCC1.I. The monoisotopic (exact) mass is 483 g/mol. The van der Waals surface area contributed by atoms with Crippen LogP contribution in [0.2, 0.25) is 0 Å². The van der Waals surface area contributed by atoms with E-state index in [0.29, 0.717) is 5.96 Å². The molecule has 2 fully saturated rings. The number of halogens is 1. The van der Waals surface area contributed by atoms with Gasteiger partial charge < -0.3 is 20.3 Å². The van der Waals surface area contributed by atoms with Crippen LogP contribution in [0.3, 0.4) is 0 Å². The van der Waals surface area contributed by atoms with E-state index in [9.17, 15) is 0 Å². The van der Waals surface area contributed by atoms with Gasteiger partial charge in [-0.15, -0.1) is 35.3 Å². The van der Waals surface area contributed by atoms with Crippen LogP contribution in [0.4, 0.5) is 5.13 Å². The highest BCUT2D eigenvalue weighted by Gasteiger charge is 2.32. The first kappa shape index (κ1) is 20.1. The van der Waals surface area contributed by atoms with Crippen LogP contribution in [-0.2, 0) is 4.74 Å². The molecule has 0 radical (unpaired) electrons. The third kappa shape index (κ3) is 4.89. The Morgan fingerprint density at radius 3 is 2.67 bits per heavy atom. The van der Waals surface area contributed by atoms with Gasteiger partial charge in [-0.05, 0) is 19.1 Å². The van der Waals surface area contributed by atoms with E-state index in [1.807, 2.05) is 23.3 Å². The minimum Gasteiger partial charge on any atom is -0.381 e. The van der Waals surface area contributed by atoms with E-state index in [2.05, 4.69) is 21.0 Å². The first-order chi connectivity index (χ1) is 11.2. The molecular weight excluding hydrogens is 457 g/mol. The molecule has 136 valence electrons. The van der Waals surface area contributed by atoms with E-state index in [1.54, 1.807) is 11.3 Å². The largest absolute Gasteiger partial charge is 0.381 e. The lowest BCUT2D eigenvalue weighted by Gasteiger charge is -2.37. The van der Waals surface area contributed by atoms with Gasteiger partial charge in [0.25, 0.3) is 0 Å². The van der Waals surface area contributed by atoms with Gasteiger partial charge in [0.2, 0.25) is 0 Å². The Bertz CT molecular complexity index is 514. The number of thiazole rings is 1. The molecule has 3 rings (SSSR count). The van der Waals surface area contributed by atoms with Gasteiger partial charge in [0, 0.05) is 55.7 Å². The van der Waals surface area contributed by atoms with Crippen molar-refractivity contribution >= 4 is 58.2 Å². The van der Waals surface area contributed by atoms with Crippen molar-refractivity contribution in [1.29, 1.82) is 0 Å². The summed E-state index contributed by atoms with van der Waals surface area (Å²) in [5.41, 5.74) is 6.25. The van der Waals surface area contributed by atoms with Crippen molar-refractivity contribution in [2.75, 3.05) is 57.1 Å². The van der Waals surface area contributed by atoms with Gasteiger partial charge in [-0.3, -0.25) is 4.99 Å². The fourth-order valence-electron chi connectivity index (χ4n) is 2.99. The summed E-state index contributed by atoms with van der Waals surface area (Å²) in [6.45, 7) is 6.17. The Morgan fingerprint density at radius 2 is 2.08 bits per heavy atom. The molecule has 2 aliphatic rings. The summed E-state index contributed by atoms with van der Waals surface area (Å²) in [6, 6.07) is 0. The summed E-state index contributed by atoms with van der Waals surface area (Å²) < 4.78 is 5.68. The van der Waals surface area contributed by atoms with Gasteiger partial charge in [-0.25, -0.2) is 4.98 Å². The van der Waals surface area contributed by atoms with Crippen LogP contribution >= 0.6 is 47.1 Å². The molecule has 0 amide bonds. The lowest BCUT2D eigenvalue weighted by atomic mass is 9.99. The van der Waals surface area contributed by atoms with Crippen LogP contribution in [0.5, 0.6) is 0 Å². The van der Waals surface area contributed by atoms with Crippen molar-refractivity contribution in [1.82, 2.24) is 9.88 Å². The number of thioether (sulfide) groups is 1. The number of rotatable bonds is 4. The van der Waals surface area contributed by atoms with Gasteiger partial charge in [-0.2, -0.15) is 11.8 Å². The molecule has 6 nitrogen and oxygen atoms in total. The van der Waals surface area contributed by atoms with Crippen molar-refractivity contribution in [3.8, 4) is 0 Å². The number of piperazine rings is 1. The minimum absolute atomic E-state index is 0. The number of aliphatic imine (C=N–C) groups is 1. The molecule has 24 heavy (non-hydrogen) atoms. The van der Waals surface area contributed by atoms with E-state index in [-0.39, 0.29) is 28.7 Å². The Morgan fingerprint density at radius 1 is 1.38 bits per heavy atom. The second-order valence-electron chi connectivity index (χ2n) is 5.96. The predicted octanol–water partition coefficient (Wildman–Crippen LogP) is 2.11. The molecular formula is C15H26IN5OS2. The van der Waals surface area contributed by atoms with Crippen molar-refractivity contribution in [2.24, 2.45) is 10.7 Å². The predicted molar refractivity (Wildman–Crippen MR) is 114 cm³/mol. The summed E-state index contributed by atoms with van der Waals surface area (Å²) in [5, 5.41) is 3.12. The Hall–Kier alpha value is -0.260. The average Bonchev–Trinajstić information content (AvgIpc) is 3.15. The van der Waals surface area contributed by atoms with Crippen molar-refractivity contribution in [3.63, 3.8) is 0 Å². The number of anilines is 1. The zero-order valence-electron chi connectivity index (χ0n) is 14.0. The fraction of sp³-hybridized carbons (Fsp3) is 0.733. The molecule has 2 saturated heterocycles. The molecule has 0 atom stereocenters. The molecule has 2 aliphatic heterocycles. The van der Waals surface area contributed by atoms with Crippen LogP contribution in [0.1, 0.15) is 12.8 Å². The molecule has 0 unspecified atom stereocenters. The minimum atomic E-state index is 0. The normalized spacial score (nSPS) is 21.5. The van der Waals surface area contributed by atoms with Crippen LogP contribution in [0.25, 0.3) is 0 Å². The lowest BCUT2D eigenvalue weighted by molar-refractivity contribution is 0.0793. The highest BCUT2D eigenvalue weighted by Crippen LogP contribution is 2.34. The molecule has 0 bridgehead atoms. The van der Waals surface area contributed by atoms with Gasteiger partial charge in [-0.1, -0.05) is 0 Å². The smallest absolute Gasteiger partial charge is 0.191 e. The molecule has 0 aromatic carbocycles. The zero-order chi connectivity index (χ0) is 16.1. The first-order valence-electron chi connectivity index (χ1n) is 8.05. The molecule has 3 heterocycles. The van der Waals surface area contributed by atoms with E-state index in [4.69, 9.17) is 15.5 Å². The van der Waals surface area contributed by atoms with E-state index < -0.39 is 0 Å². The van der Waals surface area contributed by atoms with Crippen molar-refractivity contribution in [2.45, 2.75) is 17.6 Å². The number of aromatic nitrogens is 1. The molecule has 9 heteroatoms. The van der Waals surface area contributed by atoms with E-state index in [0.717, 1.165) is 63.9 Å². The highest BCUT2D eigenvalue weighted by atomic mass is 127. The Balaban J connectivity index is 0.00000208. The fourth-order valence-corrected chi connectivity index (χ4v) is 4.46. The highest BCUT2D eigenvalue weighted by molar-refractivity contribution is 14.0. The second-order valence-corrected chi connectivity index (χ2v) is 8.11. The van der Waals surface area contributed by atoms with Crippen molar-refractivity contribution in [3.05, 3.63) is 11.6 Å². The lowest BCUT2D eigenvalue weighted by Crippen LogP contribution is -2.51. The van der Waals surface area contributed by atoms with Gasteiger partial charge in [0.05, 0.1) is 6.54 Å². The Kier molecular flexibility index (Phi) is 7.89. The summed E-state index contributed by atoms with van der Waals surface area (Å²) in [5.74, 6) is 0.684. The number of ether oxygens (including phenoxy) is 1. The van der Waals surface area contributed by atoms with Crippen LogP contribution in [-0.4, -0.2) is 72.8 Å². The molecule has 1 aromatic rings. The van der Waals surface area contributed by atoms with Gasteiger partial charge >= 0.3 is 0 Å². The maximum Gasteiger partial charge on any atom is 0.191 e. The number of guanidine groups is 1. The third-order valence-electron chi connectivity index (χ3n) is 4.66. The van der Waals surface area contributed by atoms with E-state index >= 15 is 0 Å². The number of hydrogen-bond acceptors (Lipinski definition) is 6. The number of nitrogens with two attached hydrogens (primary N) is 1. The van der Waals surface area contributed by atoms with E-state index in [1.165, 1.54) is 0 Å². The van der Waals surface area contributed by atoms with Crippen molar-refractivity contribution < 1.29 is 4.74 Å². The van der Waals surface area contributed by atoms with Crippen LogP contribution in [0, 0.1) is 0 Å². The summed E-state index contributed by atoms with van der Waals surface area (Å²) >= 11 is 3.59. The topological polar surface area (TPSA) is 67.0 Å². The molecule has 2 N–H and O–H groups in total. The number of hydrogen-bond donors (Lipinski definition) is 1. The molecule has 0 spiro atoms. The van der Waals surface area contributed by atoms with Gasteiger partial charge in [0.15, 0.2) is 11.1 Å². The first-order valence-corrected chi connectivity index (χ1v) is 10.2. The standard InChI is InChI=1S/C15H25N5OS2.HI/c1-22-15(2-9-21-10-3-15)12-18-13(16)19-5-7-20(8-6-19)14-17-4-11-23-14;/h4,11H,2-3,5-10,12H2,1H3,(H2,16,18);1H. The van der Waals surface area contributed by atoms with Gasteiger partial charge in [0.1, 0.15) is 0 Å². The third-order valence-corrected chi connectivity index (χ3v) is 6.90. The maximum atomic E-state index is 6.25. The van der Waals surface area contributed by atoms with Crippen LogP contribution < -0.4 is 10.6 Å². The summed E-state index contributed by atoms with van der Waals surface area (Å²) in [4.78, 5) is 13.6. The summed E-state index contributed by atoms with van der Waals surface area (Å²) in [6.07, 6.45) is 6.15. The average molecular weight is 483 g/mol. The number of nitrogens with zero attached hydrogens (tertiary/aromatic N) is 4. The molecule has 1 aromatic heterocycles. The molecule has 0 saturated carbocycles. The second kappa shape index (κ2) is 9.44. The molecule has 0 aliphatic carbocycles. The summed E-state index contributed by atoms with van der Waals surface area (Å²) in [7, 11) is 0. The maximum absolute atomic E-state index is 6.25. The Labute approximate surface area is 169 Å². The quantitative estimate of drug-likeness (QED) is 0.402. The zero-order valence-corrected chi connectivity index (χ0v) is 18.0.